The molecule has 0 radical (unpaired) electrons. The van der Waals surface area contributed by atoms with Crippen molar-refractivity contribution in [1.82, 2.24) is 10.6 Å². The molecule has 7 nitrogen and oxygen atoms in total. The minimum Gasteiger partial charge on any atom is -0.348 e. The van der Waals surface area contributed by atoms with Crippen LogP contribution in [0.1, 0.15) is 29.8 Å². The fraction of sp³-hybridized carbons (Fsp3) is 0.286. The average Bonchev–Trinajstić information content (AvgIpc) is 3.13. The van der Waals surface area contributed by atoms with Crippen molar-refractivity contribution < 1.29 is 14.4 Å². The van der Waals surface area contributed by atoms with Crippen molar-refractivity contribution in [3.05, 3.63) is 59.7 Å². The largest absolute Gasteiger partial charge is 0.348 e. The molecule has 1 saturated heterocycles. The van der Waals surface area contributed by atoms with Crippen molar-refractivity contribution in [2.45, 2.75) is 20.4 Å². The van der Waals surface area contributed by atoms with Crippen LogP contribution in [0.2, 0.25) is 0 Å². The number of hydrogen-bond donors (Lipinski definition) is 3. The van der Waals surface area contributed by atoms with E-state index >= 15 is 0 Å². The van der Waals surface area contributed by atoms with E-state index in [1.807, 2.05) is 38.1 Å². The summed E-state index contributed by atoms with van der Waals surface area (Å²) in [5, 5.41) is 8.45. The summed E-state index contributed by atoms with van der Waals surface area (Å²) < 4.78 is 0. The number of carbonyl (C=O) groups is 3. The molecule has 1 aliphatic rings. The van der Waals surface area contributed by atoms with Crippen molar-refractivity contribution in [3.8, 4) is 0 Å². The van der Waals surface area contributed by atoms with Gasteiger partial charge in [-0.25, -0.2) is 4.79 Å². The lowest BCUT2D eigenvalue weighted by atomic mass is 10.1. The van der Waals surface area contributed by atoms with Gasteiger partial charge in [0.1, 0.15) is 0 Å². The highest BCUT2D eigenvalue weighted by Crippen LogP contribution is 2.17. The predicted octanol–water partition coefficient (Wildman–Crippen LogP) is 2.74. The molecule has 7 heteroatoms. The first-order chi connectivity index (χ1) is 13.4. The maximum Gasteiger partial charge on any atom is 0.321 e. The summed E-state index contributed by atoms with van der Waals surface area (Å²) in [6.07, 6.45) is 0. The minimum atomic E-state index is -0.186. The Hall–Kier alpha value is -3.35. The van der Waals surface area contributed by atoms with Crippen LogP contribution in [0.5, 0.6) is 0 Å². The number of urea groups is 1. The Morgan fingerprint density at radius 3 is 2.32 bits per heavy atom. The van der Waals surface area contributed by atoms with E-state index in [0.717, 1.165) is 16.9 Å². The molecule has 0 bridgehead atoms. The third-order valence-corrected chi connectivity index (χ3v) is 4.50. The molecule has 28 heavy (non-hydrogen) atoms. The van der Waals surface area contributed by atoms with E-state index < -0.39 is 0 Å². The van der Waals surface area contributed by atoms with E-state index in [4.69, 9.17) is 0 Å². The normalized spacial score (nSPS) is 13.4. The van der Waals surface area contributed by atoms with Crippen LogP contribution in [0.4, 0.5) is 16.2 Å². The monoisotopic (exact) mass is 380 g/mol. The molecule has 1 heterocycles. The summed E-state index contributed by atoms with van der Waals surface area (Å²) >= 11 is 0. The number of anilines is 2. The lowest BCUT2D eigenvalue weighted by Crippen LogP contribution is -2.28. The van der Waals surface area contributed by atoms with Crippen molar-refractivity contribution in [3.63, 3.8) is 0 Å². The second kappa shape index (κ2) is 8.56. The number of amides is 4. The first kappa shape index (κ1) is 19.4. The number of hydrogen-bond acceptors (Lipinski definition) is 3. The molecule has 1 aliphatic heterocycles. The molecule has 146 valence electrons. The lowest BCUT2D eigenvalue weighted by Gasteiger charge is -2.14. The lowest BCUT2D eigenvalue weighted by molar-refractivity contribution is -0.118. The highest BCUT2D eigenvalue weighted by molar-refractivity contribution is 5.97. The third-order valence-electron chi connectivity index (χ3n) is 4.50. The van der Waals surface area contributed by atoms with Gasteiger partial charge in [0.25, 0.3) is 5.91 Å². The second-order valence-corrected chi connectivity index (χ2v) is 6.95. The number of benzene rings is 2. The van der Waals surface area contributed by atoms with Gasteiger partial charge in [-0.05, 0) is 42.0 Å². The third kappa shape index (κ3) is 4.68. The Morgan fingerprint density at radius 2 is 1.75 bits per heavy atom. The first-order valence-electron chi connectivity index (χ1n) is 9.27. The van der Waals surface area contributed by atoms with Crippen LogP contribution in [0, 0.1) is 5.92 Å². The van der Waals surface area contributed by atoms with Crippen LogP contribution in [0.25, 0.3) is 0 Å². The van der Waals surface area contributed by atoms with Crippen molar-refractivity contribution in [2.75, 3.05) is 23.3 Å². The Kier molecular flexibility index (Phi) is 5.93. The van der Waals surface area contributed by atoms with E-state index in [9.17, 15) is 14.4 Å². The minimum absolute atomic E-state index is 0.0316. The summed E-state index contributed by atoms with van der Waals surface area (Å²) in [5.41, 5.74) is 2.96. The zero-order valence-electron chi connectivity index (χ0n) is 16.0. The highest BCUT2D eigenvalue weighted by Gasteiger charge is 2.21. The van der Waals surface area contributed by atoms with Gasteiger partial charge in [-0.2, -0.15) is 0 Å². The zero-order chi connectivity index (χ0) is 20.1. The molecule has 3 rings (SSSR count). The SMILES string of the molecule is CC(C)C(=O)Nc1ccc(CNC(=O)c2ccc(N3CCNC3=O)cc2)cc1. The smallest absolute Gasteiger partial charge is 0.321 e. The number of carbonyl (C=O) groups excluding carboxylic acids is 3. The molecule has 0 aliphatic carbocycles. The van der Waals surface area contributed by atoms with E-state index in [1.165, 1.54) is 0 Å². The molecular formula is C21H24N4O3. The molecule has 1 fully saturated rings. The number of rotatable bonds is 6. The second-order valence-electron chi connectivity index (χ2n) is 6.95. The van der Waals surface area contributed by atoms with Crippen molar-refractivity contribution in [2.24, 2.45) is 5.92 Å². The maximum absolute atomic E-state index is 12.3. The van der Waals surface area contributed by atoms with Crippen LogP contribution >= 0.6 is 0 Å². The molecule has 0 spiro atoms. The van der Waals surface area contributed by atoms with Gasteiger partial charge in [0.05, 0.1) is 0 Å². The van der Waals surface area contributed by atoms with E-state index in [2.05, 4.69) is 16.0 Å². The quantitative estimate of drug-likeness (QED) is 0.720. The van der Waals surface area contributed by atoms with E-state index in [-0.39, 0.29) is 23.8 Å². The van der Waals surface area contributed by atoms with Crippen molar-refractivity contribution >= 4 is 29.2 Å². The fourth-order valence-electron chi connectivity index (χ4n) is 2.79. The highest BCUT2D eigenvalue weighted by atomic mass is 16.2. The molecule has 0 aromatic heterocycles. The topological polar surface area (TPSA) is 90.5 Å². The van der Waals surface area contributed by atoms with Crippen molar-refractivity contribution in [1.29, 1.82) is 0 Å². The van der Waals surface area contributed by atoms with Crippen LogP contribution in [0.15, 0.2) is 48.5 Å². The van der Waals surface area contributed by atoms with Gasteiger partial charge >= 0.3 is 6.03 Å². The Morgan fingerprint density at radius 1 is 1.07 bits per heavy atom. The zero-order valence-corrected chi connectivity index (χ0v) is 16.0. The molecule has 0 atom stereocenters. The fourth-order valence-corrected chi connectivity index (χ4v) is 2.79. The summed E-state index contributed by atoms with van der Waals surface area (Å²) in [6.45, 7) is 5.31. The predicted molar refractivity (Wildman–Crippen MR) is 108 cm³/mol. The average molecular weight is 380 g/mol. The molecule has 0 saturated carbocycles. The van der Waals surface area contributed by atoms with Crippen LogP contribution < -0.4 is 20.9 Å². The van der Waals surface area contributed by atoms with E-state index in [1.54, 1.807) is 29.2 Å². The van der Waals surface area contributed by atoms with Gasteiger partial charge < -0.3 is 16.0 Å². The van der Waals surface area contributed by atoms with Gasteiger partial charge in [-0.15, -0.1) is 0 Å². The summed E-state index contributed by atoms with van der Waals surface area (Å²) in [4.78, 5) is 37.4. The van der Waals surface area contributed by atoms with Crippen LogP contribution in [0.3, 0.4) is 0 Å². The molecule has 3 N–H and O–H groups in total. The molecule has 2 aromatic carbocycles. The van der Waals surface area contributed by atoms with Gasteiger partial charge in [0.15, 0.2) is 0 Å². The summed E-state index contributed by atoms with van der Waals surface area (Å²) in [6, 6.07) is 14.2. The van der Waals surface area contributed by atoms with Crippen LogP contribution in [-0.4, -0.2) is 30.9 Å². The molecule has 4 amide bonds. The Labute approximate surface area is 164 Å². The summed E-state index contributed by atoms with van der Waals surface area (Å²) in [7, 11) is 0. The Bertz CT molecular complexity index is 860. The summed E-state index contributed by atoms with van der Waals surface area (Å²) in [5.74, 6) is -0.296. The molecular weight excluding hydrogens is 356 g/mol. The molecule has 2 aromatic rings. The van der Waals surface area contributed by atoms with Gasteiger partial charge in [0.2, 0.25) is 5.91 Å². The van der Waals surface area contributed by atoms with Gasteiger partial charge in [-0.3, -0.25) is 14.5 Å². The maximum atomic E-state index is 12.3. The van der Waals surface area contributed by atoms with Crippen LogP contribution in [-0.2, 0) is 11.3 Å². The molecule has 0 unspecified atom stereocenters. The number of nitrogens with one attached hydrogen (secondary N) is 3. The van der Waals surface area contributed by atoms with E-state index in [0.29, 0.717) is 25.2 Å². The standard InChI is InChI=1S/C21H24N4O3/c1-14(2)19(26)24-17-7-3-15(4-8-17)13-23-20(27)16-5-9-18(10-6-16)25-12-11-22-21(25)28/h3-10,14H,11-13H2,1-2H3,(H,22,28)(H,23,27)(H,24,26). The first-order valence-corrected chi connectivity index (χ1v) is 9.27. The van der Waals surface area contributed by atoms with Gasteiger partial charge in [0, 0.05) is 42.5 Å². The van der Waals surface area contributed by atoms with Gasteiger partial charge in [-0.1, -0.05) is 26.0 Å². The Balaban J connectivity index is 1.53. The number of nitrogens with zero attached hydrogens (tertiary/aromatic N) is 1.